The fourth-order valence-corrected chi connectivity index (χ4v) is 9.91. The van der Waals surface area contributed by atoms with Crippen LogP contribution in [0.2, 0.25) is 0 Å². The number of aliphatic hydroxyl groups excluding tert-OH is 1. The van der Waals surface area contributed by atoms with Crippen molar-refractivity contribution in [2.45, 2.75) is 104 Å². The van der Waals surface area contributed by atoms with E-state index in [1.165, 1.54) is 77.0 Å². The van der Waals surface area contributed by atoms with Crippen molar-refractivity contribution in [1.29, 1.82) is 0 Å². The summed E-state index contributed by atoms with van der Waals surface area (Å²) in [6.45, 7) is 7.30. The number of rotatable bonds is 1. The number of aliphatic hydroxyl groups is 1. The molecule has 5 rings (SSSR count). The Bertz CT molecular complexity index is 540. The van der Waals surface area contributed by atoms with Gasteiger partial charge in [0, 0.05) is 0 Å². The third-order valence-corrected chi connectivity index (χ3v) is 11.0. The van der Waals surface area contributed by atoms with Crippen molar-refractivity contribution in [3.8, 4) is 0 Å². The molecule has 26 heavy (non-hydrogen) atoms. The van der Waals surface area contributed by atoms with Crippen LogP contribution >= 0.6 is 0 Å². The first-order valence-corrected chi connectivity index (χ1v) is 12.1. The first-order chi connectivity index (χ1) is 12.5. The van der Waals surface area contributed by atoms with Crippen molar-refractivity contribution in [1.82, 2.24) is 0 Å². The molecule has 1 N–H and O–H groups in total. The summed E-state index contributed by atoms with van der Waals surface area (Å²) in [5, 5.41) is 10.5. The van der Waals surface area contributed by atoms with Gasteiger partial charge in [0.1, 0.15) is 0 Å². The molecule has 0 aromatic rings. The zero-order chi connectivity index (χ0) is 18.1. The van der Waals surface area contributed by atoms with Crippen LogP contribution in [0.25, 0.3) is 0 Å². The van der Waals surface area contributed by atoms with E-state index in [1.54, 1.807) is 0 Å². The van der Waals surface area contributed by atoms with Gasteiger partial charge in [-0.15, -0.1) is 0 Å². The van der Waals surface area contributed by atoms with Gasteiger partial charge in [0.05, 0.1) is 6.10 Å². The van der Waals surface area contributed by atoms with Crippen molar-refractivity contribution >= 4 is 0 Å². The summed E-state index contributed by atoms with van der Waals surface area (Å²) >= 11 is 0. The average molecular weight is 359 g/mol. The van der Waals surface area contributed by atoms with Crippen molar-refractivity contribution in [3.05, 3.63) is 0 Å². The highest BCUT2D eigenvalue weighted by molar-refractivity contribution is 5.12. The predicted molar refractivity (Wildman–Crippen MR) is 108 cm³/mol. The first-order valence-electron chi connectivity index (χ1n) is 12.1. The maximum atomic E-state index is 10.5. The van der Waals surface area contributed by atoms with Gasteiger partial charge in [0.15, 0.2) is 0 Å². The lowest BCUT2D eigenvalue weighted by atomic mass is 9.42. The molecule has 0 radical (unpaired) electrons. The van der Waals surface area contributed by atoms with Crippen molar-refractivity contribution in [2.24, 2.45) is 52.3 Å². The molecular formula is C25H42O. The highest BCUT2D eigenvalue weighted by Crippen LogP contribution is 2.71. The van der Waals surface area contributed by atoms with Crippen molar-refractivity contribution in [3.63, 3.8) is 0 Å². The monoisotopic (exact) mass is 358 g/mol. The largest absolute Gasteiger partial charge is 0.393 e. The SMILES string of the molecule is CC(O)C1CCC[C@]23CCC4C(CC[C@H]5C[C@H](C)CC[C@]45C)C2CC[C@H]13. The Balaban J connectivity index is 1.43. The Morgan fingerprint density at radius 2 is 1.65 bits per heavy atom. The maximum Gasteiger partial charge on any atom is 0.0543 e. The summed E-state index contributed by atoms with van der Waals surface area (Å²) in [4.78, 5) is 0. The third kappa shape index (κ3) is 2.37. The Morgan fingerprint density at radius 1 is 0.846 bits per heavy atom. The van der Waals surface area contributed by atoms with E-state index in [1.807, 2.05) is 0 Å². The minimum absolute atomic E-state index is 0.0817. The highest BCUT2D eigenvalue weighted by Gasteiger charge is 2.63. The van der Waals surface area contributed by atoms with E-state index in [0.29, 0.717) is 16.7 Å². The third-order valence-electron chi connectivity index (χ3n) is 11.0. The van der Waals surface area contributed by atoms with E-state index in [0.717, 1.165) is 35.5 Å². The minimum atomic E-state index is -0.0817. The summed E-state index contributed by atoms with van der Waals surface area (Å²) in [5.41, 5.74) is 1.29. The molecule has 0 aromatic heterocycles. The Hall–Kier alpha value is -0.0400. The van der Waals surface area contributed by atoms with Crippen LogP contribution in [0.4, 0.5) is 0 Å². The Labute approximate surface area is 161 Å². The normalized spacial score (nSPS) is 57.5. The van der Waals surface area contributed by atoms with Gasteiger partial charge in [-0.1, -0.05) is 26.7 Å². The van der Waals surface area contributed by atoms with Gasteiger partial charge in [0.25, 0.3) is 0 Å². The zero-order valence-electron chi connectivity index (χ0n) is 17.6. The van der Waals surface area contributed by atoms with Gasteiger partial charge in [-0.2, -0.15) is 0 Å². The van der Waals surface area contributed by atoms with Gasteiger partial charge < -0.3 is 5.11 Å². The highest BCUT2D eigenvalue weighted by atomic mass is 16.3. The molecule has 148 valence electrons. The van der Waals surface area contributed by atoms with E-state index in [4.69, 9.17) is 0 Å². The van der Waals surface area contributed by atoms with Gasteiger partial charge >= 0.3 is 0 Å². The van der Waals surface area contributed by atoms with Crippen LogP contribution in [0.1, 0.15) is 97.8 Å². The molecule has 0 saturated heterocycles. The molecule has 1 heteroatoms. The van der Waals surface area contributed by atoms with Crippen molar-refractivity contribution < 1.29 is 5.11 Å². The van der Waals surface area contributed by atoms with Crippen LogP contribution in [0.15, 0.2) is 0 Å². The molecule has 5 saturated carbocycles. The van der Waals surface area contributed by atoms with Gasteiger partial charge in [-0.25, -0.2) is 0 Å². The van der Waals surface area contributed by atoms with Gasteiger partial charge in [0.2, 0.25) is 0 Å². The van der Waals surface area contributed by atoms with Crippen LogP contribution in [0, 0.1) is 52.3 Å². The molecule has 0 aliphatic heterocycles. The molecule has 10 atom stereocenters. The smallest absolute Gasteiger partial charge is 0.0543 e. The second kappa shape index (κ2) is 6.23. The lowest BCUT2D eigenvalue weighted by Crippen LogP contribution is -2.55. The van der Waals surface area contributed by atoms with Crippen LogP contribution in [0.3, 0.4) is 0 Å². The first kappa shape index (κ1) is 18.0. The lowest BCUT2D eigenvalue weighted by Gasteiger charge is -2.63. The molecule has 0 bridgehead atoms. The van der Waals surface area contributed by atoms with E-state index < -0.39 is 0 Å². The minimum Gasteiger partial charge on any atom is -0.393 e. The number of hydrogen-bond donors (Lipinski definition) is 1. The predicted octanol–water partition coefficient (Wildman–Crippen LogP) is 6.44. The Kier molecular flexibility index (Phi) is 4.32. The molecule has 0 amide bonds. The molecule has 1 spiro atoms. The fourth-order valence-electron chi connectivity index (χ4n) is 9.91. The molecule has 5 aliphatic carbocycles. The molecule has 1 nitrogen and oxygen atoms in total. The quantitative estimate of drug-likeness (QED) is 0.571. The van der Waals surface area contributed by atoms with Gasteiger partial charge in [-0.3, -0.25) is 0 Å². The standard InChI is InChI=1S/C25H42O/c1-16-10-13-24(3)18(15-16)6-7-20-21(24)11-14-25-12-4-5-19(17(2)26)22(25)8-9-23(20)25/h16-23,26H,4-15H2,1-3H3/t16-,17?,18+,19?,20?,21?,22-,23?,24+,25-/m1/s1. The van der Waals surface area contributed by atoms with Crippen LogP contribution in [0.5, 0.6) is 0 Å². The van der Waals surface area contributed by atoms with E-state index in [9.17, 15) is 5.11 Å². The zero-order valence-corrected chi connectivity index (χ0v) is 17.6. The molecular weight excluding hydrogens is 316 g/mol. The topological polar surface area (TPSA) is 20.2 Å². The summed E-state index contributed by atoms with van der Waals surface area (Å²) < 4.78 is 0. The average Bonchev–Trinajstić information content (AvgIpc) is 3.02. The van der Waals surface area contributed by atoms with Crippen molar-refractivity contribution in [2.75, 3.05) is 0 Å². The molecule has 5 unspecified atom stereocenters. The summed E-state index contributed by atoms with van der Waals surface area (Å²) in [7, 11) is 0. The summed E-state index contributed by atoms with van der Waals surface area (Å²) in [5.74, 6) is 6.50. The second-order valence-corrected chi connectivity index (χ2v) is 11.8. The second-order valence-electron chi connectivity index (χ2n) is 11.8. The molecule has 5 fully saturated rings. The Morgan fingerprint density at radius 3 is 2.46 bits per heavy atom. The fraction of sp³-hybridized carbons (Fsp3) is 1.00. The van der Waals surface area contributed by atoms with Gasteiger partial charge in [-0.05, 0) is 123 Å². The summed E-state index contributed by atoms with van der Waals surface area (Å²) in [6, 6.07) is 0. The number of fused-ring (bicyclic) bond motifs is 4. The van der Waals surface area contributed by atoms with E-state index >= 15 is 0 Å². The number of hydrogen-bond acceptors (Lipinski definition) is 1. The van der Waals surface area contributed by atoms with Crippen LogP contribution in [-0.4, -0.2) is 11.2 Å². The molecule has 0 heterocycles. The van der Waals surface area contributed by atoms with E-state index in [2.05, 4.69) is 20.8 Å². The van der Waals surface area contributed by atoms with Crippen LogP contribution in [-0.2, 0) is 0 Å². The molecule has 0 aromatic carbocycles. The molecule has 5 aliphatic rings. The lowest BCUT2D eigenvalue weighted by molar-refractivity contribution is -0.140. The summed E-state index contributed by atoms with van der Waals surface area (Å²) in [6.07, 6.45) is 17.6. The maximum absolute atomic E-state index is 10.5. The van der Waals surface area contributed by atoms with Crippen LogP contribution < -0.4 is 0 Å². The van der Waals surface area contributed by atoms with E-state index in [-0.39, 0.29) is 6.10 Å².